The standard InChI is InChI=1S/C18H18N2O/c1-21-13-14-5-2-9-17(11-14)20-12-16-7-3-6-15-8-4-10-19-18(15)16/h2-11,20H,12-13H2,1H3. The van der Waals surface area contributed by atoms with Crippen molar-refractivity contribution in [2.75, 3.05) is 12.4 Å². The monoisotopic (exact) mass is 278 g/mol. The zero-order chi connectivity index (χ0) is 14.5. The number of pyridine rings is 1. The van der Waals surface area contributed by atoms with Gasteiger partial charge in [0.2, 0.25) is 0 Å². The van der Waals surface area contributed by atoms with E-state index in [9.17, 15) is 0 Å². The van der Waals surface area contributed by atoms with E-state index in [0.717, 1.165) is 17.7 Å². The summed E-state index contributed by atoms with van der Waals surface area (Å²) in [4.78, 5) is 4.48. The first-order chi connectivity index (χ1) is 10.4. The zero-order valence-corrected chi connectivity index (χ0v) is 12.0. The molecule has 3 heteroatoms. The molecule has 3 nitrogen and oxygen atoms in total. The minimum atomic E-state index is 0.630. The summed E-state index contributed by atoms with van der Waals surface area (Å²) in [6.07, 6.45) is 1.84. The third kappa shape index (κ3) is 3.20. The topological polar surface area (TPSA) is 34.1 Å². The van der Waals surface area contributed by atoms with Crippen molar-refractivity contribution in [2.45, 2.75) is 13.2 Å². The molecule has 1 aromatic heterocycles. The van der Waals surface area contributed by atoms with Gasteiger partial charge in [0.15, 0.2) is 0 Å². The van der Waals surface area contributed by atoms with Crippen LogP contribution in [0.25, 0.3) is 10.9 Å². The fourth-order valence-corrected chi connectivity index (χ4v) is 2.45. The third-order valence-electron chi connectivity index (χ3n) is 3.44. The number of rotatable bonds is 5. The highest BCUT2D eigenvalue weighted by molar-refractivity contribution is 5.81. The van der Waals surface area contributed by atoms with Gasteiger partial charge in [-0.25, -0.2) is 0 Å². The van der Waals surface area contributed by atoms with Gasteiger partial charge < -0.3 is 10.1 Å². The molecule has 106 valence electrons. The number of ether oxygens (including phenoxy) is 1. The van der Waals surface area contributed by atoms with E-state index in [0.29, 0.717) is 6.61 Å². The second-order valence-electron chi connectivity index (χ2n) is 4.98. The van der Waals surface area contributed by atoms with Crippen LogP contribution in [0.3, 0.4) is 0 Å². The number of fused-ring (bicyclic) bond motifs is 1. The molecule has 0 saturated heterocycles. The highest BCUT2D eigenvalue weighted by Gasteiger charge is 2.02. The quantitative estimate of drug-likeness (QED) is 0.766. The molecule has 0 radical (unpaired) electrons. The highest BCUT2D eigenvalue weighted by atomic mass is 16.5. The number of aromatic nitrogens is 1. The van der Waals surface area contributed by atoms with Crippen molar-refractivity contribution < 1.29 is 4.74 Å². The summed E-state index contributed by atoms with van der Waals surface area (Å²) >= 11 is 0. The van der Waals surface area contributed by atoms with E-state index >= 15 is 0 Å². The molecule has 3 aromatic rings. The van der Waals surface area contributed by atoms with Crippen molar-refractivity contribution in [3.8, 4) is 0 Å². The molecule has 0 fully saturated rings. The number of methoxy groups -OCH3 is 1. The van der Waals surface area contributed by atoms with Gasteiger partial charge in [-0.05, 0) is 29.3 Å². The SMILES string of the molecule is COCc1cccc(NCc2cccc3cccnc23)c1. The number of para-hydroxylation sites is 1. The molecule has 0 aliphatic heterocycles. The third-order valence-corrected chi connectivity index (χ3v) is 3.44. The molecule has 0 atom stereocenters. The molecule has 1 N–H and O–H groups in total. The second-order valence-corrected chi connectivity index (χ2v) is 4.98. The van der Waals surface area contributed by atoms with Crippen LogP contribution in [0.5, 0.6) is 0 Å². The van der Waals surface area contributed by atoms with Gasteiger partial charge in [-0.2, -0.15) is 0 Å². The molecule has 2 aromatic carbocycles. The fourth-order valence-electron chi connectivity index (χ4n) is 2.45. The van der Waals surface area contributed by atoms with Crippen molar-refractivity contribution in [3.05, 3.63) is 71.9 Å². The molecule has 0 bridgehead atoms. The van der Waals surface area contributed by atoms with Gasteiger partial charge in [0.25, 0.3) is 0 Å². The molecule has 21 heavy (non-hydrogen) atoms. The summed E-state index contributed by atoms with van der Waals surface area (Å²) in [5.41, 5.74) is 4.52. The highest BCUT2D eigenvalue weighted by Crippen LogP contribution is 2.18. The molecule has 0 unspecified atom stereocenters. The van der Waals surface area contributed by atoms with Crippen LogP contribution in [-0.2, 0) is 17.9 Å². The van der Waals surface area contributed by atoms with Crippen LogP contribution in [0, 0.1) is 0 Å². The van der Waals surface area contributed by atoms with E-state index in [1.807, 2.05) is 18.3 Å². The number of nitrogens with one attached hydrogen (secondary N) is 1. The Balaban J connectivity index is 1.79. The summed E-state index contributed by atoms with van der Waals surface area (Å²) in [5, 5.41) is 4.63. The predicted octanol–water partition coefficient (Wildman–Crippen LogP) is 3.99. The Morgan fingerprint density at radius 2 is 1.90 bits per heavy atom. The summed E-state index contributed by atoms with van der Waals surface area (Å²) in [6.45, 7) is 1.39. The molecule has 0 saturated carbocycles. The van der Waals surface area contributed by atoms with E-state index in [1.54, 1.807) is 7.11 Å². The Morgan fingerprint density at radius 3 is 2.81 bits per heavy atom. The van der Waals surface area contributed by atoms with Crippen molar-refractivity contribution in [2.24, 2.45) is 0 Å². The molecular formula is C18H18N2O. The number of benzene rings is 2. The van der Waals surface area contributed by atoms with E-state index in [2.05, 4.69) is 52.8 Å². The van der Waals surface area contributed by atoms with Gasteiger partial charge >= 0.3 is 0 Å². The molecule has 0 aliphatic rings. The summed E-state index contributed by atoms with van der Waals surface area (Å²) in [6, 6.07) is 18.6. The summed E-state index contributed by atoms with van der Waals surface area (Å²) < 4.78 is 5.17. The first-order valence-corrected chi connectivity index (χ1v) is 7.01. The number of nitrogens with zero attached hydrogens (tertiary/aromatic N) is 1. The average molecular weight is 278 g/mol. The van der Waals surface area contributed by atoms with E-state index in [4.69, 9.17) is 4.74 Å². The maximum atomic E-state index is 5.17. The van der Waals surface area contributed by atoms with Gasteiger partial charge in [0.1, 0.15) is 0 Å². The molecule has 1 heterocycles. The van der Waals surface area contributed by atoms with Crippen molar-refractivity contribution >= 4 is 16.6 Å². The maximum absolute atomic E-state index is 5.17. The van der Waals surface area contributed by atoms with Gasteiger partial charge in [-0.15, -0.1) is 0 Å². The van der Waals surface area contributed by atoms with Gasteiger partial charge in [0.05, 0.1) is 12.1 Å². The van der Waals surface area contributed by atoms with Gasteiger partial charge in [-0.3, -0.25) is 4.98 Å². The minimum absolute atomic E-state index is 0.630. The minimum Gasteiger partial charge on any atom is -0.381 e. The Kier molecular flexibility index (Phi) is 4.12. The molecule has 0 spiro atoms. The maximum Gasteiger partial charge on any atom is 0.0751 e. The normalized spacial score (nSPS) is 10.7. The Morgan fingerprint density at radius 1 is 1.05 bits per heavy atom. The average Bonchev–Trinajstić information content (AvgIpc) is 2.53. The number of hydrogen-bond donors (Lipinski definition) is 1. The van der Waals surface area contributed by atoms with Gasteiger partial charge in [0, 0.05) is 30.9 Å². The van der Waals surface area contributed by atoms with Crippen LogP contribution < -0.4 is 5.32 Å². The number of anilines is 1. The number of hydrogen-bond acceptors (Lipinski definition) is 3. The van der Waals surface area contributed by atoms with Crippen molar-refractivity contribution in [3.63, 3.8) is 0 Å². The second kappa shape index (κ2) is 6.37. The summed E-state index contributed by atoms with van der Waals surface area (Å²) in [7, 11) is 1.71. The van der Waals surface area contributed by atoms with Crippen LogP contribution in [0.1, 0.15) is 11.1 Å². The van der Waals surface area contributed by atoms with Crippen LogP contribution in [0.4, 0.5) is 5.69 Å². The Labute approximate surface area is 124 Å². The van der Waals surface area contributed by atoms with E-state index in [-0.39, 0.29) is 0 Å². The fraction of sp³-hybridized carbons (Fsp3) is 0.167. The van der Waals surface area contributed by atoms with E-state index in [1.165, 1.54) is 16.5 Å². The molecule has 3 rings (SSSR count). The zero-order valence-electron chi connectivity index (χ0n) is 12.0. The Bertz CT molecular complexity index is 735. The lowest BCUT2D eigenvalue weighted by molar-refractivity contribution is 0.185. The van der Waals surface area contributed by atoms with Crippen molar-refractivity contribution in [1.82, 2.24) is 4.98 Å². The van der Waals surface area contributed by atoms with Crippen LogP contribution in [0.2, 0.25) is 0 Å². The lowest BCUT2D eigenvalue weighted by Gasteiger charge is -2.10. The van der Waals surface area contributed by atoms with Crippen LogP contribution in [-0.4, -0.2) is 12.1 Å². The molecular weight excluding hydrogens is 260 g/mol. The predicted molar refractivity (Wildman–Crippen MR) is 86.2 cm³/mol. The lowest BCUT2D eigenvalue weighted by Crippen LogP contribution is -2.01. The molecule has 0 aliphatic carbocycles. The first kappa shape index (κ1) is 13.6. The smallest absolute Gasteiger partial charge is 0.0751 e. The lowest BCUT2D eigenvalue weighted by atomic mass is 10.1. The first-order valence-electron chi connectivity index (χ1n) is 7.01. The van der Waals surface area contributed by atoms with Crippen LogP contribution in [0.15, 0.2) is 60.8 Å². The largest absolute Gasteiger partial charge is 0.381 e. The van der Waals surface area contributed by atoms with E-state index < -0.39 is 0 Å². The van der Waals surface area contributed by atoms with Crippen LogP contribution >= 0.6 is 0 Å². The Hall–Kier alpha value is -2.39. The summed E-state index contributed by atoms with van der Waals surface area (Å²) in [5.74, 6) is 0. The van der Waals surface area contributed by atoms with Gasteiger partial charge in [-0.1, -0.05) is 36.4 Å². The molecule has 0 amide bonds. The van der Waals surface area contributed by atoms with Crippen molar-refractivity contribution in [1.29, 1.82) is 0 Å².